The van der Waals surface area contributed by atoms with Gasteiger partial charge in [0, 0.05) is 13.6 Å². The number of anilines is 2. The summed E-state index contributed by atoms with van der Waals surface area (Å²) in [4.78, 5) is 28.3. The maximum absolute atomic E-state index is 11.5. The standard InChI is InChI=1S/C11H17N5O2/c1-3-14-9(17)6-16(2)11-8(10(13)18)4-7(12)5-15-11/h4-5H,3,6,12H2,1-2H3,(H2,13,18)(H,14,17). The number of nitrogen functional groups attached to an aromatic ring is 1. The number of aromatic nitrogens is 1. The molecule has 0 spiro atoms. The van der Waals surface area contributed by atoms with Crippen LogP contribution in [0.25, 0.3) is 0 Å². The summed E-state index contributed by atoms with van der Waals surface area (Å²) in [7, 11) is 1.65. The number of pyridine rings is 1. The van der Waals surface area contributed by atoms with Crippen LogP contribution >= 0.6 is 0 Å². The predicted molar refractivity (Wildman–Crippen MR) is 69.1 cm³/mol. The van der Waals surface area contributed by atoms with Gasteiger partial charge in [-0.1, -0.05) is 0 Å². The minimum atomic E-state index is -0.632. The first-order chi connectivity index (χ1) is 8.45. The Labute approximate surface area is 105 Å². The lowest BCUT2D eigenvalue weighted by molar-refractivity contribution is -0.119. The Morgan fingerprint density at radius 2 is 2.17 bits per heavy atom. The van der Waals surface area contributed by atoms with E-state index in [1.807, 2.05) is 6.92 Å². The molecule has 5 N–H and O–H groups in total. The Kier molecular flexibility index (Phi) is 4.47. The number of carbonyl (C=O) groups excluding carboxylic acids is 2. The first-order valence-electron chi connectivity index (χ1n) is 5.48. The molecule has 0 saturated heterocycles. The van der Waals surface area contributed by atoms with Crippen LogP contribution in [0.5, 0.6) is 0 Å². The third-order valence-electron chi connectivity index (χ3n) is 2.27. The topological polar surface area (TPSA) is 114 Å². The van der Waals surface area contributed by atoms with Crippen LogP contribution in [0.2, 0.25) is 0 Å². The fourth-order valence-electron chi connectivity index (χ4n) is 1.50. The van der Waals surface area contributed by atoms with E-state index in [2.05, 4.69) is 10.3 Å². The zero-order valence-electron chi connectivity index (χ0n) is 10.4. The van der Waals surface area contributed by atoms with Gasteiger partial charge >= 0.3 is 0 Å². The number of nitrogens with one attached hydrogen (secondary N) is 1. The molecular weight excluding hydrogens is 234 g/mol. The van der Waals surface area contributed by atoms with Crippen molar-refractivity contribution in [1.82, 2.24) is 10.3 Å². The smallest absolute Gasteiger partial charge is 0.252 e. The fraction of sp³-hybridized carbons (Fsp3) is 0.364. The summed E-state index contributed by atoms with van der Waals surface area (Å²) in [6.07, 6.45) is 1.41. The molecule has 1 aromatic heterocycles. The van der Waals surface area contributed by atoms with Crippen molar-refractivity contribution in [3.05, 3.63) is 17.8 Å². The van der Waals surface area contributed by atoms with Crippen molar-refractivity contribution in [2.24, 2.45) is 5.73 Å². The van der Waals surface area contributed by atoms with Crippen molar-refractivity contribution in [1.29, 1.82) is 0 Å². The highest BCUT2D eigenvalue weighted by atomic mass is 16.2. The number of carbonyl (C=O) groups is 2. The van der Waals surface area contributed by atoms with Crippen molar-refractivity contribution in [2.75, 3.05) is 30.8 Å². The molecule has 1 rings (SSSR count). The fourth-order valence-corrected chi connectivity index (χ4v) is 1.50. The molecule has 0 aromatic carbocycles. The van der Waals surface area contributed by atoms with Crippen LogP contribution < -0.4 is 21.7 Å². The van der Waals surface area contributed by atoms with Gasteiger partial charge in [0.2, 0.25) is 5.91 Å². The third-order valence-corrected chi connectivity index (χ3v) is 2.27. The lowest BCUT2D eigenvalue weighted by Gasteiger charge is -2.19. The van der Waals surface area contributed by atoms with Crippen molar-refractivity contribution >= 4 is 23.3 Å². The van der Waals surface area contributed by atoms with E-state index in [1.54, 1.807) is 11.9 Å². The number of hydrogen-bond donors (Lipinski definition) is 3. The molecule has 0 aliphatic rings. The van der Waals surface area contributed by atoms with Crippen LogP contribution in [0, 0.1) is 0 Å². The Hall–Kier alpha value is -2.31. The molecule has 0 radical (unpaired) electrons. The average molecular weight is 251 g/mol. The monoisotopic (exact) mass is 251 g/mol. The van der Waals surface area contributed by atoms with Gasteiger partial charge < -0.3 is 21.7 Å². The molecule has 7 heteroatoms. The maximum Gasteiger partial charge on any atom is 0.252 e. The number of amides is 2. The van der Waals surface area contributed by atoms with E-state index in [4.69, 9.17) is 11.5 Å². The van der Waals surface area contributed by atoms with Gasteiger partial charge in [0.25, 0.3) is 5.91 Å². The highest BCUT2D eigenvalue weighted by molar-refractivity contribution is 5.99. The molecule has 98 valence electrons. The number of nitrogens with zero attached hydrogens (tertiary/aromatic N) is 2. The largest absolute Gasteiger partial charge is 0.397 e. The molecule has 0 fully saturated rings. The van der Waals surface area contributed by atoms with Crippen LogP contribution in [0.4, 0.5) is 11.5 Å². The van der Waals surface area contributed by atoms with E-state index >= 15 is 0 Å². The van der Waals surface area contributed by atoms with E-state index in [9.17, 15) is 9.59 Å². The molecule has 1 aromatic rings. The van der Waals surface area contributed by atoms with Gasteiger partial charge in [-0.25, -0.2) is 4.98 Å². The molecule has 0 aliphatic heterocycles. The van der Waals surface area contributed by atoms with E-state index in [-0.39, 0.29) is 18.0 Å². The molecular formula is C11H17N5O2. The van der Waals surface area contributed by atoms with Crippen LogP contribution in [0.15, 0.2) is 12.3 Å². The number of rotatable bonds is 5. The summed E-state index contributed by atoms with van der Waals surface area (Å²) < 4.78 is 0. The van der Waals surface area contributed by atoms with Crippen molar-refractivity contribution < 1.29 is 9.59 Å². The molecule has 1 heterocycles. The van der Waals surface area contributed by atoms with Crippen LogP contribution in [-0.4, -0.2) is 36.9 Å². The number of nitrogens with two attached hydrogens (primary N) is 2. The molecule has 7 nitrogen and oxygen atoms in total. The van der Waals surface area contributed by atoms with Gasteiger partial charge in [-0.15, -0.1) is 0 Å². The summed E-state index contributed by atoms with van der Waals surface area (Å²) >= 11 is 0. The second-order valence-electron chi connectivity index (χ2n) is 3.81. The first kappa shape index (κ1) is 13.8. The Morgan fingerprint density at radius 3 is 2.72 bits per heavy atom. The lowest BCUT2D eigenvalue weighted by Crippen LogP contribution is -2.36. The Balaban J connectivity index is 2.94. The quantitative estimate of drug-likeness (QED) is 0.642. The molecule has 0 aliphatic carbocycles. The molecule has 0 bridgehead atoms. The van der Waals surface area contributed by atoms with Gasteiger partial charge in [-0.05, 0) is 13.0 Å². The van der Waals surface area contributed by atoms with Gasteiger partial charge in [0.05, 0.1) is 24.0 Å². The SMILES string of the molecule is CCNC(=O)CN(C)c1ncc(N)cc1C(N)=O. The number of hydrogen-bond acceptors (Lipinski definition) is 5. The predicted octanol–water partition coefficient (Wildman–Crippen LogP) is -0.665. The maximum atomic E-state index is 11.5. The summed E-state index contributed by atoms with van der Waals surface area (Å²) in [6, 6.07) is 1.44. The van der Waals surface area contributed by atoms with Crippen LogP contribution in [-0.2, 0) is 4.79 Å². The zero-order valence-corrected chi connectivity index (χ0v) is 10.4. The summed E-state index contributed by atoms with van der Waals surface area (Å²) in [5.41, 5.74) is 11.3. The third kappa shape index (κ3) is 3.34. The molecule has 0 unspecified atom stereocenters. The van der Waals surface area contributed by atoms with Gasteiger partial charge in [0.15, 0.2) is 0 Å². The van der Waals surface area contributed by atoms with Gasteiger partial charge in [0.1, 0.15) is 5.82 Å². The van der Waals surface area contributed by atoms with Gasteiger partial charge in [-0.2, -0.15) is 0 Å². The molecule has 0 atom stereocenters. The van der Waals surface area contributed by atoms with Crippen molar-refractivity contribution in [2.45, 2.75) is 6.92 Å². The number of likely N-dealkylation sites (N-methyl/N-ethyl adjacent to an activating group) is 2. The van der Waals surface area contributed by atoms with Gasteiger partial charge in [-0.3, -0.25) is 9.59 Å². The molecule has 0 saturated carbocycles. The highest BCUT2D eigenvalue weighted by Gasteiger charge is 2.16. The second kappa shape index (κ2) is 5.85. The Morgan fingerprint density at radius 1 is 1.50 bits per heavy atom. The lowest BCUT2D eigenvalue weighted by atomic mass is 10.2. The number of primary amides is 1. The summed E-state index contributed by atoms with van der Waals surface area (Å²) in [6.45, 7) is 2.46. The van der Waals surface area contributed by atoms with E-state index in [1.165, 1.54) is 12.3 Å². The summed E-state index contributed by atoms with van der Waals surface area (Å²) in [5.74, 6) is -0.454. The van der Waals surface area contributed by atoms with Crippen LogP contribution in [0.1, 0.15) is 17.3 Å². The van der Waals surface area contributed by atoms with E-state index in [0.717, 1.165) is 0 Å². The van der Waals surface area contributed by atoms with Crippen molar-refractivity contribution in [3.8, 4) is 0 Å². The summed E-state index contributed by atoms with van der Waals surface area (Å²) in [5, 5.41) is 2.66. The highest BCUT2D eigenvalue weighted by Crippen LogP contribution is 2.18. The zero-order chi connectivity index (χ0) is 13.7. The average Bonchev–Trinajstić information content (AvgIpc) is 2.28. The molecule has 18 heavy (non-hydrogen) atoms. The second-order valence-corrected chi connectivity index (χ2v) is 3.81. The minimum absolute atomic E-state index is 0.0883. The van der Waals surface area contributed by atoms with E-state index < -0.39 is 5.91 Å². The molecule has 2 amide bonds. The minimum Gasteiger partial charge on any atom is -0.397 e. The normalized spacial score (nSPS) is 9.89. The Bertz CT molecular complexity index is 461. The van der Waals surface area contributed by atoms with Crippen molar-refractivity contribution in [3.63, 3.8) is 0 Å². The first-order valence-corrected chi connectivity index (χ1v) is 5.48. The van der Waals surface area contributed by atoms with E-state index in [0.29, 0.717) is 18.1 Å². The van der Waals surface area contributed by atoms with Crippen LogP contribution in [0.3, 0.4) is 0 Å².